The zero-order valence-corrected chi connectivity index (χ0v) is 16.2. The second-order valence-electron chi connectivity index (χ2n) is 6.63. The monoisotopic (exact) mass is 352 g/mol. The molecule has 2 nitrogen and oxygen atoms in total. The first-order valence-electron chi connectivity index (χ1n) is 8.94. The third-order valence-electron chi connectivity index (χ3n) is 5.12. The lowest BCUT2D eigenvalue weighted by molar-refractivity contribution is 1.20. The molecule has 0 aliphatic heterocycles. The minimum atomic E-state index is 0.874. The van der Waals surface area contributed by atoms with Gasteiger partial charge in [0.2, 0.25) is 0 Å². The van der Waals surface area contributed by atoms with E-state index < -0.39 is 0 Å². The fourth-order valence-corrected chi connectivity index (χ4v) is 3.62. The van der Waals surface area contributed by atoms with Crippen LogP contribution in [0.3, 0.4) is 0 Å². The summed E-state index contributed by atoms with van der Waals surface area (Å²) in [5.41, 5.74) is 10.4. The lowest BCUT2D eigenvalue weighted by Crippen LogP contribution is -2.06. The van der Waals surface area contributed by atoms with Gasteiger partial charge in [-0.15, -0.1) is 0 Å². The zero-order valence-electron chi connectivity index (χ0n) is 16.2. The Balaban J connectivity index is 2.24. The molecule has 27 heavy (non-hydrogen) atoms. The van der Waals surface area contributed by atoms with Gasteiger partial charge < -0.3 is 0 Å². The van der Waals surface area contributed by atoms with Crippen LogP contribution in [0.25, 0.3) is 17.2 Å². The van der Waals surface area contributed by atoms with Gasteiger partial charge in [-0.25, -0.2) is 0 Å². The minimum absolute atomic E-state index is 0.874. The topological polar surface area (TPSA) is 25.8 Å². The lowest BCUT2D eigenvalue weighted by atomic mass is 9.82. The molecular formula is C25H24N2. The molecule has 0 fully saturated rings. The van der Waals surface area contributed by atoms with E-state index >= 15 is 0 Å². The van der Waals surface area contributed by atoms with Gasteiger partial charge in [-0.1, -0.05) is 37.9 Å². The number of nitrogens with zero attached hydrogens (tertiary/aromatic N) is 2. The molecule has 134 valence electrons. The Morgan fingerprint density at radius 3 is 1.67 bits per heavy atom. The van der Waals surface area contributed by atoms with Gasteiger partial charge in [0.1, 0.15) is 0 Å². The van der Waals surface area contributed by atoms with Crippen LogP contribution in [0.5, 0.6) is 0 Å². The Kier molecular flexibility index (Phi) is 5.18. The Labute approximate surface area is 161 Å². The van der Waals surface area contributed by atoms with Crippen molar-refractivity contribution in [3.63, 3.8) is 0 Å². The number of hydrogen-bond donors (Lipinski definition) is 0. The fourth-order valence-electron chi connectivity index (χ4n) is 3.62. The van der Waals surface area contributed by atoms with Crippen LogP contribution in [0, 0.1) is 20.8 Å². The largest absolute Gasteiger partial charge is 0.256 e. The summed E-state index contributed by atoms with van der Waals surface area (Å²) in [5, 5.41) is 0. The second-order valence-corrected chi connectivity index (χ2v) is 6.63. The first-order chi connectivity index (χ1) is 13.0. The van der Waals surface area contributed by atoms with Gasteiger partial charge in [0.15, 0.2) is 0 Å². The number of rotatable bonds is 5. The molecule has 2 aromatic heterocycles. The van der Waals surface area contributed by atoms with Crippen LogP contribution in [0.2, 0.25) is 0 Å². The average molecular weight is 352 g/mol. The first kappa shape index (κ1) is 18.5. The Bertz CT molecular complexity index is 1030. The second kappa shape index (κ2) is 7.55. The summed E-state index contributed by atoms with van der Waals surface area (Å²) < 4.78 is 0. The summed E-state index contributed by atoms with van der Waals surface area (Å²) in [7, 11) is 0. The minimum Gasteiger partial charge on any atom is -0.256 e. The van der Waals surface area contributed by atoms with Gasteiger partial charge in [0.25, 0.3) is 0 Å². The van der Waals surface area contributed by atoms with Gasteiger partial charge >= 0.3 is 0 Å². The highest BCUT2D eigenvalue weighted by Gasteiger charge is 2.21. The van der Waals surface area contributed by atoms with E-state index in [0.717, 1.165) is 44.8 Å². The molecule has 0 radical (unpaired) electrons. The molecule has 2 heteroatoms. The Hall–Kier alpha value is -3.26. The zero-order chi connectivity index (χ0) is 19.6. The molecule has 0 bridgehead atoms. The van der Waals surface area contributed by atoms with Gasteiger partial charge in [-0.05, 0) is 78.4 Å². The maximum atomic E-state index is 4.47. The van der Waals surface area contributed by atoms with Crippen LogP contribution < -0.4 is 0 Å². The Morgan fingerprint density at radius 2 is 1.22 bits per heavy atom. The SMILES string of the molecule is C=Cc1c(C)c(C(=C)c2ccccn2)c(C)c(C)c1C(=C)c1ccccn1. The smallest absolute Gasteiger partial charge is 0.0702 e. The number of hydrogen-bond acceptors (Lipinski definition) is 2. The van der Waals surface area contributed by atoms with Crippen LogP contribution in [-0.2, 0) is 0 Å². The standard InChI is InChI=1S/C25H24N2/c1-7-21-18(4)24(19(5)22-12-8-10-14-26-22)16(2)17(3)25(21)20(6)23-13-9-11-15-27-23/h7-15H,1,5-6H2,2-4H3. The molecule has 0 unspecified atom stereocenters. The predicted octanol–water partition coefficient (Wildman–Crippen LogP) is 6.17. The van der Waals surface area contributed by atoms with E-state index in [1.54, 1.807) is 12.4 Å². The normalized spacial score (nSPS) is 10.5. The van der Waals surface area contributed by atoms with Gasteiger partial charge in [0, 0.05) is 23.5 Å². The average Bonchev–Trinajstić information content (AvgIpc) is 2.71. The van der Waals surface area contributed by atoms with Crippen LogP contribution in [0.15, 0.2) is 68.5 Å². The van der Waals surface area contributed by atoms with E-state index in [1.807, 2.05) is 42.5 Å². The van der Waals surface area contributed by atoms with Gasteiger partial charge in [0.05, 0.1) is 11.4 Å². The highest BCUT2D eigenvalue weighted by Crippen LogP contribution is 2.38. The van der Waals surface area contributed by atoms with Crippen LogP contribution in [0.1, 0.15) is 44.8 Å². The van der Waals surface area contributed by atoms with Crippen LogP contribution in [-0.4, -0.2) is 9.97 Å². The summed E-state index contributed by atoms with van der Waals surface area (Å²) in [5.74, 6) is 0. The molecule has 0 amide bonds. The molecule has 1 aromatic carbocycles. The molecule has 0 atom stereocenters. The quantitative estimate of drug-likeness (QED) is 0.549. The highest BCUT2D eigenvalue weighted by atomic mass is 14.7. The maximum Gasteiger partial charge on any atom is 0.0702 e. The molecule has 0 saturated carbocycles. The van der Waals surface area contributed by atoms with Gasteiger partial charge in [-0.3, -0.25) is 9.97 Å². The highest BCUT2D eigenvalue weighted by molar-refractivity contribution is 5.90. The van der Waals surface area contributed by atoms with Gasteiger partial charge in [-0.2, -0.15) is 0 Å². The molecule has 0 aliphatic carbocycles. The fraction of sp³-hybridized carbons (Fsp3) is 0.120. The van der Waals surface area contributed by atoms with Crippen molar-refractivity contribution in [3.8, 4) is 0 Å². The maximum absolute atomic E-state index is 4.47. The predicted molar refractivity (Wildman–Crippen MR) is 115 cm³/mol. The molecule has 0 aliphatic rings. The third-order valence-corrected chi connectivity index (χ3v) is 5.12. The molecule has 2 heterocycles. The van der Waals surface area contributed by atoms with Crippen molar-refractivity contribution >= 4 is 17.2 Å². The van der Waals surface area contributed by atoms with E-state index in [-0.39, 0.29) is 0 Å². The van der Waals surface area contributed by atoms with E-state index in [4.69, 9.17) is 0 Å². The van der Waals surface area contributed by atoms with E-state index in [9.17, 15) is 0 Å². The van der Waals surface area contributed by atoms with E-state index in [1.165, 1.54) is 11.1 Å². The van der Waals surface area contributed by atoms with Crippen molar-refractivity contribution in [2.45, 2.75) is 20.8 Å². The summed E-state index contributed by atoms with van der Waals surface area (Å²) in [6.07, 6.45) is 5.49. The van der Waals surface area contributed by atoms with E-state index in [2.05, 4.69) is 50.5 Å². The number of pyridine rings is 2. The van der Waals surface area contributed by atoms with Crippen LogP contribution in [0.4, 0.5) is 0 Å². The summed E-state index contributed by atoms with van der Waals surface area (Å²) >= 11 is 0. The van der Waals surface area contributed by atoms with Crippen molar-refractivity contribution in [1.29, 1.82) is 0 Å². The van der Waals surface area contributed by atoms with Crippen molar-refractivity contribution in [2.24, 2.45) is 0 Å². The number of benzene rings is 1. The third kappa shape index (κ3) is 3.26. The van der Waals surface area contributed by atoms with Crippen molar-refractivity contribution in [3.05, 3.63) is 113 Å². The molecule has 0 saturated heterocycles. The summed E-state index contributed by atoms with van der Waals surface area (Å²) in [6, 6.07) is 11.8. The van der Waals surface area contributed by atoms with Crippen molar-refractivity contribution in [2.75, 3.05) is 0 Å². The molecule has 0 spiro atoms. The Morgan fingerprint density at radius 1 is 0.741 bits per heavy atom. The van der Waals surface area contributed by atoms with Crippen molar-refractivity contribution < 1.29 is 0 Å². The summed E-state index contributed by atoms with van der Waals surface area (Å²) in [6.45, 7) is 19.1. The van der Waals surface area contributed by atoms with Crippen molar-refractivity contribution in [1.82, 2.24) is 9.97 Å². The number of aromatic nitrogens is 2. The molecule has 0 N–H and O–H groups in total. The summed E-state index contributed by atoms with van der Waals surface area (Å²) in [4.78, 5) is 8.95. The molecular weight excluding hydrogens is 328 g/mol. The molecule has 3 rings (SSSR count). The van der Waals surface area contributed by atoms with Crippen LogP contribution >= 0.6 is 0 Å². The first-order valence-corrected chi connectivity index (χ1v) is 8.94. The van der Waals surface area contributed by atoms with E-state index in [0.29, 0.717) is 0 Å². The lowest BCUT2D eigenvalue weighted by Gasteiger charge is -2.23. The molecule has 3 aromatic rings.